The third-order valence-electron chi connectivity index (χ3n) is 4.76. The van der Waals surface area contributed by atoms with E-state index >= 15 is 0 Å². The van der Waals surface area contributed by atoms with Crippen molar-refractivity contribution in [2.75, 3.05) is 12.4 Å². The first-order chi connectivity index (χ1) is 11.5. The molecule has 1 fully saturated rings. The van der Waals surface area contributed by atoms with E-state index in [2.05, 4.69) is 23.6 Å². The van der Waals surface area contributed by atoms with Crippen LogP contribution in [0.2, 0.25) is 0 Å². The highest BCUT2D eigenvalue weighted by molar-refractivity contribution is 8.68. The van der Waals surface area contributed by atoms with E-state index in [0.717, 1.165) is 25.0 Å². The van der Waals surface area contributed by atoms with Crippen molar-refractivity contribution in [2.24, 2.45) is 11.8 Å². The van der Waals surface area contributed by atoms with Crippen LogP contribution in [0.3, 0.4) is 0 Å². The quantitative estimate of drug-likeness (QED) is 0.479. The SMILES string of the molecule is CCCC(CCSS)[C@@H]1C[C@H](n2cc(C)c(=O)[nH]c2=O)O[C@@H]1CO. The molecule has 0 aromatic carbocycles. The first-order valence-electron chi connectivity index (χ1n) is 8.36. The number of aryl methyl sites for hydroxylation is 1. The molecule has 0 bridgehead atoms. The predicted molar refractivity (Wildman–Crippen MR) is 99.6 cm³/mol. The van der Waals surface area contributed by atoms with Gasteiger partial charge < -0.3 is 9.84 Å². The standard InChI is InChI=1S/C16H26N2O4S2/c1-3-4-11(5-6-24-23)12-7-14(22-13(12)9-19)18-8-10(2)15(20)17-16(18)21/h8,11-14,19,23H,3-7,9H2,1-2H3,(H,17,20,21)/t11?,12-,13+,14+/m0/s1. The maximum atomic E-state index is 12.1. The zero-order valence-corrected chi connectivity index (χ0v) is 15.8. The summed E-state index contributed by atoms with van der Waals surface area (Å²) in [6, 6.07) is 0. The molecule has 0 saturated carbocycles. The third kappa shape index (κ3) is 4.47. The Kier molecular flexibility index (Phi) is 7.46. The van der Waals surface area contributed by atoms with Gasteiger partial charge in [-0.05, 0) is 31.6 Å². The number of aliphatic hydroxyl groups excluding tert-OH is 1. The first kappa shape index (κ1) is 19.6. The van der Waals surface area contributed by atoms with Gasteiger partial charge in [-0.25, -0.2) is 4.79 Å². The molecule has 2 rings (SSSR count). The highest BCUT2D eigenvalue weighted by atomic mass is 33.1. The number of thiol groups is 1. The van der Waals surface area contributed by atoms with Crippen molar-refractivity contribution >= 4 is 22.5 Å². The molecule has 24 heavy (non-hydrogen) atoms. The average molecular weight is 375 g/mol. The van der Waals surface area contributed by atoms with Gasteiger partial charge in [-0.1, -0.05) is 30.6 Å². The van der Waals surface area contributed by atoms with Gasteiger partial charge in [0.15, 0.2) is 0 Å². The van der Waals surface area contributed by atoms with Gasteiger partial charge in [0.05, 0.1) is 12.7 Å². The Labute approximate surface area is 150 Å². The lowest BCUT2D eigenvalue weighted by molar-refractivity contribution is -0.0379. The van der Waals surface area contributed by atoms with E-state index in [4.69, 9.17) is 4.74 Å². The van der Waals surface area contributed by atoms with Crippen molar-refractivity contribution in [3.8, 4) is 0 Å². The lowest BCUT2D eigenvalue weighted by Gasteiger charge is -2.25. The Balaban J connectivity index is 2.23. The van der Waals surface area contributed by atoms with Gasteiger partial charge in [0, 0.05) is 17.5 Å². The number of hydrogen-bond acceptors (Lipinski definition) is 6. The van der Waals surface area contributed by atoms with Gasteiger partial charge in [0.25, 0.3) is 5.56 Å². The van der Waals surface area contributed by atoms with Crippen LogP contribution in [0.1, 0.15) is 44.4 Å². The number of ether oxygens (including phenoxy) is 1. The number of nitrogens with zero attached hydrogens (tertiary/aromatic N) is 1. The molecule has 1 saturated heterocycles. The van der Waals surface area contributed by atoms with E-state index in [1.807, 2.05) is 0 Å². The highest BCUT2D eigenvalue weighted by Gasteiger charge is 2.40. The maximum absolute atomic E-state index is 12.1. The van der Waals surface area contributed by atoms with Crippen molar-refractivity contribution < 1.29 is 9.84 Å². The molecule has 6 nitrogen and oxygen atoms in total. The number of aliphatic hydroxyl groups is 1. The fourth-order valence-corrected chi connectivity index (χ4v) is 4.27. The van der Waals surface area contributed by atoms with Crippen molar-refractivity contribution in [1.29, 1.82) is 0 Å². The number of hydrogen-bond donors (Lipinski definition) is 3. The smallest absolute Gasteiger partial charge is 0.330 e. The van der Waals surface area contributed by atoms with E-state index in [-0.39, 0.29) is 24.2 Å². The molecular formula is C16H26N2O4S2. The van der Waals surface area contributed by atoms with E-state index in [0.29, 0.717) is 17.9 Å². The number of H-pyrrole nitrogens is 1. The van der Waals surface area contributed by atoms with Gasteiger partial charge in [0.2, 0.25) is 0 Å². The van der Waals surface area contributed by atoms with Crippen LogP contribution < -0.4 is 11.2 Å². The lowest BCUT2D eigenvalue weighted by atomic mass is 9.82. The minimum absolute atomic E-state index is 0.0630. The van der Waals surface area contributed by atoms with Gasteiger partial charge in [0.1, 0.15) is 6.23 Å². The Morgan fingerprint density at radius 2 is 2.25 bits per heavy atom. The Morgan fingerprint density at radius 3 is 2.88 bits per heavy atom. The van der Waals surface area contributed by atoms with E-state index in [1.54, 1.807) is 13.1 Å². The topological polar surface area (TPSA) is 84.3 Å². The zero-order chi connectivity index (χ0) is 17.7. The van der Waals surface area contributed by atoms with E-state index < -0.39 is 11.9 Å². The van der Waals surface area contributed by atoms with Crippen LogP contribution in [0.4, 0.5) is 0 Å². The molecule has 2 heterocycles. The summed E-state index contributed by atoms with van der Waals surface area (Å²) in [5.74, 6) is 1.57. The summed E-state index contributed by atoms with van der Waals surface area (Å²) in [6.07, 6.45) is 4.62. The minimum Gasteiger partial charge on any atom is -0.394 e. The Morgan fingerprint density at radius 1 is 1.50 bits per heavy atom. The number of rotatable bonds is 8. The summed E-state index contributed by atoms with van der Waals surface area (Å²) in [6.45, 7) is 3.75. The molecule has 1 aliphatic rings. The van der Waals surface area contributed by atoms with Crippen LogP contribution in [0.5, 0.6) is 0 Å². The fraction of sp³-hybridized carbons (Fsp3) is 0.750. The second-order valence-corrected chi connectivity index (χ2v) is 7.80. The minimum atomic E-state index is -0.467. The van der Waals surface area contributed by atoms with Gasteiger partial charge in [-0.15, -0.1) is 11.7 Å². The van der Waals surface area contributed by atoms with E-state index in [1.165, 1.54) is 15.4 Å². The van der Waals surface area contributed by atoms with Gasteiger partial charge >= 0.3 is 5.69 Å². The Hall–Kier alpha value is -0.700. The highest BCUT2D eigenvalue weighted by Crippen LogP contribution is 2.40. The molecular weight excluding hydrogens is 348 g/mol. The molecule has 2 N–H and O–H groups in total. The van der Waals surface area contributed by atoms with Crippen LogP contribution in [-0.2, 0) is 4.74 Å². The van der Waals surface area contributed by atoms with E-state index in [9.17, 15) is 14.7 Å². The summed E-state index contributed by atoms with van der Waals surface area (Å²) >= 11 is 4.22. The van der Waals surface area contributed by atoms with Crippen molar-refractivity contribution in [3.05, 3.63) is 32.6 Å². The third-order valence-corrected chi connectivity index (χ3v) is 5.73. The van der Waals surface area contributed by atoms with Crippen LogP contribution >= 0.6 is 22.5 Å². The van der Waals surface area contributed by atoms with Crippen molar-refractivity contribution in [1.82, 2.24) is 9.55 Å². The van der Waals surface area contributed by atoms with Crippen molar-refractivity contribution in [2.45, 2.75) is 51.9 Å². The molecule has 8 heteroatoms. The number of nitrogens with one attached hydrogen (secondary N) is 1. The first-order valence-corrected chi connectivity index (χ1v) is 10.4. The van der Waals surface area contributed by atoms with Gasteiger partial charge in [-0.2, -0.15) is 0 Å². The van der Waals surface area contributed by atoms with Crippen LogP contribution in [0, 0.1) is 18.8 Å². The summed E-state index contributed by atoms with van der Waals surface area (Å²) in [7, 11) is 1.52. The number of aromatic nitrogens is 2. The summed E-state index contributed by atoms with van der Waals surface area (Å²) in [5.41, 5.74) is -0.371. The maximum Gasteiger partial charge on any atom is 0.330 e. The molecule has 1 aromatic rings. The molecule has 136 valence electrons. The lowest BCUT2D eigenvalue weighted by Crippen LogP contribution is -2.33. The molecule has 0 spiro atoms. The van der Waals surface area contributed by atoms with Crippen LogP contribution in [-0.4, -0.2) is 33.1 Å². The Bertz CT molecular complexity index is 646. The van der Waals surface area contributed by atoms with Crippen LogP contribution in [0.15, 0.2) is 15.8 Å². The van der Waals surface area contributed by atoms with Gasteiger partial charge in [-0.3, -0.25) is 14.3 Å². The molecule has 1 aliphatic heterocycles. The molecule has 1 unspecified atom stereocenters. The fourth-order valence-electron chi connectivity index (χ4n) is 3.54. The number of aromatic amines is 1. The summed E-state index contributed by atoms with van der Waals surface area (Å²) < 4.78 is 7.40. The molecule has 0 radical (unpaired) electrons. The second-order valence-electron chi connectivity index (χ2n) is 6.36. The summed E-state index contributed by atoms with van der Waals surface area (Å²) in [5, 5.41) is 9.72. The zero-order valence-electron chi connectivity index (χ0n) is 14.1. The normalized spacial score (nSPS) is 25.1. The predicted octanol–water partition coefficient (Wildman–Crippen LogP) is 2.13. The van der Waals surface area contributed by atoms with Crippen LogP contribution in [0.25, 0.3) is 0 Å². The summed E-state index contributed by atoms with van der Waals surface area (Å²) in [4.78, 5) is 26.0. The molecule has 1 aromatic heterocycles. The largest absolute Gasteiger partial charge is 0.394 e. The van der Waals surface area contributed by atoms with Crippen molar-refractivity contribution in [3.63, 3.8) is 0 Å². The molecule has 4 atom stereocenters. The second kappa shape index (κ2) is 9.12. The molecule has 0 aliphatic carbocycles. The average Bonchev–Trinajstić information content (AvgIpc) is 2.98. The monoisotopic (exact) mass is 374 g/mol. The molecule has 0 amide bonds.